The maximum atomic E-state index is 3.66. The molecule has 1 aliphatic carbocycles. The van der Waals surface area contributed by atoms with Gasteiger partial charge in [-0.3, -0.25) is 0 Å². The lowest BCUT2D eigenvalue weighted by molar-refractivity contribution is 0.480. The van der Waals surface area contributed by atoms with Crippen molar-refractivity contribution in [3.05, 3.63) is 20.8 Å². The van der Waals surface area contributed by atoms with E-state index in [4.69, 9.17) is 0 Å². The summed E-state index contributed by atoms with van der Waals surface area (Å²) in [6, 6.07) is 2.86. The maximum Gasteiger partial charge on any atom is 0.0417 e. The first-order valence-electron chi connectivity index (χ1n) is 5.77. The van der Waals surface area contributed by atoms with Gasteiger partial charge in [0, 0.05) is 20.8 Å². The molecule has 2 rings (SSSR count). The van der Waals surface area contributed by atoms with Crippen LogP contribution in [-0.4, -0.2) is 6.54 Å². The third kappa shape index (κ3) is 3.58. The molecule has 1 heterocycles. The van der Waals surface area contributed by atoms with E-state index in [1.54, 1.807) is 0 Å². The van der Waals surface area contributed by atoms with E-state index in [1.807, 2.05) is 11.3 Å². The molecule has 1 saturated carbocycles. The van der Waals surface area contributed by atoms with Gasteiger partial charge in [0.05, 0.1) is 0 Å². The standard InChI is InChI=1S/C12H18BrNS/c1-2-5-14-11(6-9-3-4-9)12-7-10(13)8-15-12/h7-9,11,14H,2-6H2,1H3. The minimum atomic E-state index is 0.591. The molecule has 1 atom stereocenters. The molecule has 0 aliphatic heterocycles. The van der Waals surface area contributed by atoms with Crippen LogP contribution in [0.25, 0.3) is 0 Å². The van der Waals surface area contributed by atoms with Gasteiger partial charge in [-0.2, -0.15) is 0 Å². The molecule has 0 bridgehead atoms. The van der Waals surface area contributed by atoms with Crippen LogP contribution in [0.15, 0.2) is 15.9 Å². The summed E-state index contributed by atoms with van der Waals surface area (Å²) in [5, 5.41) is 5.84. The lowest BCUT2D eigenvalue weighted by atomic mass is 10.1. The molecule has 3 heteroatoms. The predicted octanol–water partition coefficient (Wildman–Crippen LogP) is 4.35. The Balaban J connectivity index is 1.96. The molecule has 0 aromatic carbocycles. The van der Waals surface area contributed by atoms with Crippen LogP contribution < -0.4 is 5.32 Å². The summed E-state index contributed by atoms with van der Waals surface area (Å²) in [4.78, 5) is 1.49. The Hall–Kier alpha value is 0.140. The Kier molecular flexibility index (Phi) is 4.23. The second kappa shape index (κ2) is 5.46. The van der Waals surface area contributed by atoms with Crippen molar-refractivity contribution >= 4 is 27.3 Å². The molecule has 0 spiro atoms. The lowest BCUT2D eigenvalue weighted by Gasteiger charge is -2.16. The molecule has 84 valence electrons. The minimum absolute atomic E-state index is 0.591. The van der Waals surface area contributed by atoms with E-state index in [0.717, 1.165) is 12.5 Å². The van der Waals surface area contributed by atoms with Crippen molar-refractivity contribution in [1.82, 2.24) is 5.32 Å². The zero-order chi connectivity index (χ0) is 10.7. The fourth-order valence-corrected chi connectivity index (χ4v) is 3.35. The smallest absolute Gasteiger partial charge is 0.0417 e. The van der Waals surface area contributed by atoms with E-state index in [0.29, 0.717) is 6.04 Å². The summed E-state index contributed by atoms with van der Waals surface area (Å²) in [5.41, 5.74) is 0. The SMILES string of the molecule is CCCNC(CC1CC1)c1cc(Br)cs1. The highest BCUT2D eigenvalue weighted by molar-refractivity contribution is 9.10. The monoisotopic (exact) mass is 287 g/mol. The van der Waals surface area contributed by atoms with Gasteiger partial charge < -0.3 is 5.32 Å². The summed E-state index contributed by atoms with van der Waals surface area (Å²) in [5.74, 6) is 0.986. The van der Waals surface area contributed by atoms with Gasteiger partial charge in [0.2, 0.25) is 0 Å². The number of rotatable bonds is 6. The average Bonchev–Trinajstić information content (AvgIpc) is 2.94. The minimum Gasteiger partial charge on any atom is -0.309 e. The highest BCUT2D eigenvalue weighted by atomic mass is 79.9. The summed E-state index contributed by atoms with van der Waals surface area (Å²) >= 11 is 5.40. The first kappa shape index (κ1) is 11.6. The molecule has 0 amide bonds. The lowest BCUT2D eigenvalue weighted by Crippen LogP contribution is -2.21. The van der Waals surface area contributed by atoms with E-state index in [2.05, 4.69) is 39.6 Å². The molecule has 0 saturated heterocycles. The van der Waals surface area contributed by atoms with Crippen molar-refractivity contribution in [1.29, 1.82) is 0 Å². The molecule has 1 aromatic heterocycles. The Morgan fingerprint density at radius 1 is 1.60 bits per heavy atom. The second-order valence-electron chi connectivity index (χ2n) is 4.35. The van der Waals surface area contributed by atoms with E-state index >= 15 is 0 Å². The van der Waals surface area contributed by atoms with E-state index < -0.39 is 0 Å². The van der Waals surface area contributed by atoms with Gasteiger partial charge in [-0.15, -0.1) is 11.3 Å². The van der Waals surface area contributed by atoms with Gasteiger partial charge >= 0.3 is 0 Å². The molecule has 1 N–H and O–H groups in total. The van der Waals surface area contributed by atoms with E-state index in [-0.39, 0.29) is 0 Å². The number of nitrogens with one attached hydrogen (secondary N) is 1. The van der Waals surface area contributed by atoms with E-state index in [1.165, 1.54) is 35.0 Å². The fourth-order valence-electron chi connectivity index (χ4n) is 1.82. The molecule has 1 aliphatic rings. The molecule has 1 fully saturated rings. The van der Waals surface area contributed by atoms with Crippen molar-refractivity contribution in [2.45, 2.75) is 38.6 Å². The number of hydrogen-bond donors (Lipinski definition) is 1. The Bertz CT molecular complexity index is 306. The third-order valence-corrected chi connectivity index (χ3v) is 4.65. The first-order chi connectivity index (χ1) is 7.29. The Morgan fingerprint density at radius 3 is 2.93 bits per heavy atom. The number of halogens is 1. The van der Waals surface area contributed by atoms with Crippen LogP contribution in [0.4, 0.5) is 0 Å². The van der Waals surface area contributed by atoms with Gasteiger partial charge in [0.1, 0.15) is 0 Å². The van der Waals surface area contributed by atoms with Crippen LogP contribution >= 0.6 is 27.3 Å². The van der Waals surface area contributed by atoms with Gasteiger partial charge in [0.15, 0.2) is 0 Å². The molecular weight excluding hydrogens is 270 g/mol. The summed E-state index contributed by atoms with van der Waals surface area (Å²) < 4.78 is 1.22. The summed E-state index contributed by atoms with van der Waals surface area (Å²) in [6.45, 7) is 3.36. The zero-order valence-electron chi connectivity index (χ0n) is 9.13. The number of hydrogen-bond acceptors (Lipinski definition) is 2. The van der Waals surface area contributed by atoms with Crippen molar-refractivity contribution in [3.8, 4) is 0 Å². The third-order valence-electron chi connectivity index (χ3n) is 2.84. The largest absolute Gasteiger partial charge is 0.309 e. The fraction of sp³-hybridized carbons (Fsp3) is 0.667. The van der Waals surface area contributed by atoms with Gasteiger partial charge in [0.25, 0.3) is 0 Å². The van der Waals surface area contributed by atoms with Crippen molar-refractivity contribution in [3.63, 3.8) is 0 Å². The van der Waals surface area contributed by atoms with Crippen LogP contribution in [0.1, 0.15) is 43.5 Å². The topological polar surface area (TPSA) is 12.0 Å². The summed E-state index contributed by atoms with van der Waals surface area (Å²) in [6.07, 6.45) is 5.42. The quantitative estimate of drug-likeness (QED) is 0.820. The molecule has 1 aromatic rings. The second-order valence-corrected chi connectivity index (χ2v) is 6.21. The normalized spacial score (nSPS) is 18.0. The van der Waals surface area contributed by atoms with Crippen molar-refractivity contribution in [2.24, 2.45) is 5.92 Å². The summed E-state index contributed by atoms with van der Waals surface area (Å²) in [7, 11) is 0. The molecule has 0 radical (unpaired) electrons. The maximum absolute atomic E-state index is 3.66. The highest BCUT2D eigenvalue weighted by Gasteiger charge is 2.26. The van der Waals surface area contributed by atoms with Gasteiger partial charge in [-0.05, 0) is 47.3 Å². The predicted molar refractivity (Wildman–Crippen MR) is 70.4 cm³/mol. The molecule has 15 heavy (non-hydrogen) atoms. The molecule has 1 nitrogen and oxygen atoms in total. The van der Waals surface area contributed by atoms with Gasteiger partial charge in [-0.1, -0.05) is 19.8 Å². The highest BCUT2D eigenvalue weighted by Crippen LogP contribution is 2.39. The zero-order valence-corrected chi connectivity index (χ0v) is 11.5. The van der Waals surface area contributed by atoms with Crippen LogP contribution in [0.5, 0.6) is 0 Å². The Morgan fingerprint density at radius 2 is 2.40 bits per heavy atom. The van der Waals surface area contributed by atoms with E-state index in [9.17, 15) is 0 Å². The molecule has 1 unspecified atom stereocenters. The molecular formula is C12H18BrNS. The van der Waals surface area contributed by atoms with Crippen LogP contribution in [0, 0.1) is 5.92 Å². The number of thiophene rings is 1. The van der Waals surface area contributed by atoms with Crippen molar-refractivity contribution < 1.29 is 0 Å². The average molecular weight is 288 g/mol. The Labute approximate surface area is 104 Å². The van der Waals surface area contributed by atoms with Gasteiger partial charge in [-0.25, -0.2) is 0 Å². The van der Waals surface area contributed by atoms with Crippen LogP contribution in [0.3, 0.4) is 0 Å². The van der Waals surface area contributed by atoms with Crippen molar-refractivity contribution in [2.75, 3.05) is 6.54 Å². The first-order valence-corrected chi connectivity index (χ1v) is 7.44. The van der Waals surface area contributed by atoms with Crippen LogP contribution in [-0.2, 0) is 0 Å². The van der Waals surface area contributed by atoms with Crippen LogP contribution in [0.2, 0.25) is 0 Å².